The number of benzene rings is 1. The highest BCUT2D eigenvalue weighted by Gasteiger charge is 2.16. The van der Waals surface area contributed by atoms with Crippen molar-refractivity contribution in [2.24, 2.45) is 11.7 Å². The Bertz CT molecular complexity index is 857. The number of hydrogen-bond donors (Lipinski definition) is 1. The van der Waals surface area contributed by atoms with Crippen LogP contribution in [-0.4, -0.2) is 15.7 Å². The van der Waals surface area contributed by atoms with Gasteiger partial charge in [0, 0.05) is 11.8 Å². The minimum atomic E-state index is -0.740. The fourth-order valence-corrected chi connectivity index (χ4v) is 2.19. The lowest BCUT2D eigenvalue weighted by molar-refractivity contribution is 0.0995. The van der Waals surface area contributed by atoms with Crippen LogP contribution in [0, 0.1) is 28.6 Å². The van der Waals surface area contributed by atoms with E-state index >= 15 is 0 Å². The van der Waals surface area contributed by atoms with Crippen LogP contribution in [0.3, 0.4) is 0 Å². The molecule has 0 aliphatic heterocycles. The van der Waals surface area contributed by atoms with E-state index in [4.69, 9.17) is 16.3 Å². The van der Waals surface area contributed by atoms with Gasteiger partial charge in [0.2, 0.25) is 0 Å². The van der Waals surface area contributed by atoms with E-state index in [1.165, 1.54) is 0 Å². The van der Waals surface area contributed by atoms with Gasteiger partial charge in [-0.1, -0.05) is 18.2 Å². The molecule has 1 amide bonds. The summed E-state index contributed by atoms with van der Waals surface area (Å²) in [6.45, 7) is 0.0160. The van der Waals surface area contributed by atoms with Gasteiger partial charge in [-0.15, -0.1) is 0 Å². The molecule has 0 spiro atoms. The van der Waals surface area contributed by atoms with Crippen molar-refractivity contribution in [1.82, 2.24) is 9.78 Å². The summed E-state index contributed by atoms with van der Waals surface area (Å²) in [6, 6.07) is 10.5. The largest absolute Gasteiger partial charge is 0.364 e. The topological polar surface area (TPSA) is 126 Å². The molecule has 0 fully saturated rings. The van der Waals surface area contributed by atoms with Crippen LogP contribution < -0.4 is 11.3 Å². The Morgan fingerprint density at radius 2 is 2.00 bits per heavy atom. The van der Waals surface area contributed by atoms with E-state index in [1.807, 2.05) is 12.1 Å². The van der Waals surface area contributed by atoms with Crippen LogP contribution in [0.4, 0.5) is 0 Å². The molecular formula is C15H13N5O2. The monoisotopic (exact) mass is 295 g/mol. The normalized spacial score (nSPS) is 11.5. The van der Waals surface area contributed by atoms with Gasteiger partial charge in [0.15, 0.2) is 5.69 Å². The Labute approximate surface area is 126 Å². The fourth-order valence-electron chi connectivity index (χ4n) is 2.19. The standard InChI is InChI=1S/C15H13N5O2/c16-7-3-4-10(8-17)9-20-15(22)12-6-2-1-5-11(12)13(19-20)14(18)21/h1-2,5-6,10H,3-4,9H2,(H2,18,21). The molecule has 0 bridgehead atoms. The third-order valence-electron chi connectivity index (χ3n) is 3.28. The highest BCUT2D eigenvalue weighted by molar-refractivity contribution is 6.03. The highest BCUT2D eigenvalue weighted by Crippen LogP contribution is 2.14. The van der Waals surface area contributed by atoms with Gasteiger partial charge in [-0.3, -0.25) is 9.59 Å². The second kappa shape index (κ2) is 6.51. The van der Waals surface area contributed by atoms with E-state index in [-0.39, 0.29) is 18.7 Å². The second-order valence-corrected chi connectivity index (χ2v) is 4.77. The Kier molecular flexibility index (Phi) is 4.50. The number of amides is 1. The second-order valence-electron chi connectivity index (χ2n) is 4.77. The van der Waals surface area contributed by atoms with Crippen molar-refractivity contribution < 1.29 is 4.79 Å². The van der Waals surface area contributed by atoms with E-state index in [1.54, 1.807) is 24.3 Å². The van der Waals surface area contributed by atoms with Gasteiger partial charge < -0.3 is 5.73 Å². The first kappa shape index (κ1) is 15.2. The highest BCUT2D eigenvalue weighted by atomic mass is 16.1. The molecule has 7 heteroatoms. The molecule has 2 aromatic rings. The van der Waals surface area contributed by atoms with Crippen molar-refractivity contribution in [1.29, 1.82) is 10.5 Å². The number of carbonyl (C=O) groups is 1. The van der Waals surface area contributed by atoms with Crippen LogP contribution in [0.25, 0.3) is 10.8 Å². The number of hydrogen-bond acceptors (Lipinski definition) is 5. The van der Waals surface area contributed by atoms with Gasteiger partial charge in [-0.05, 0) is 12.5 Å². The zero-order chi connectivity index (χ0) is 16.1. The predicted octanol–water partition coefficient (Wildman–Crippen LogP) is 0.939. The molecule has 0 saturated heterocycles. The molecule has 0 radical (unpaired) electrons. The molecule has 2 rings (SSSR count). The third-order valence-corrected chi connectivity index (χ3v) is 3.28. The number of nitrogens with zero attached hydrogens (tertiary/aromatic N) is 4. The molecule has 1 unspecified atom stereocenters. The number of nitrogens with two attached hydrogens (primary N) is 1. The maximum atomic E-state index is 12.4. The predicted molar refractivity (Wildman–Crippen MR) is 78.5 cm³/mol. The average molecular weight is 295 g/mol. The molecule has 110 valence electrons. The minimum absolute atomic E-state index is 0.00725. The number of rotatable bonds is 5. The molecule has 2 N–H and O–H groups in total. The molecule has 7 nitrogen and oxygen atoms in total. The van der Waals surface area contributed by atoms with E-state index in [0.717, 1.165) is 4.68 Å². The van der Waals surface area contributed by atoms with E-state index in [0.29, 0.717) is 17.2 Å². The summed E-state index contributed by atoms with van der Waals surface area (Å²) in [5, 5.41) is 22.4. The molecule has 1 aromatic carbocycles. The zero-order valence-corrected chi connectivity index (χ0v) is 11.7. The van der Waals surface area contributed by atoms with Crippen LogP contribution in [0.15, 0.2) is 29.1 Å². The molecule has 1 heterocycles. The molecule has 0 saturated carbocycles. The summed E-state index contributed by atoms with van der Waals surface area (Å²) in [4.78, 5) is 23.9. The Morgan fingerprint density at radius 3 is 2.59 bits per heavy atom. The third kappa shape index (κ3) is 2.94. The van der Waals surface area contributed by atoms with Gasteiger partial charge in [0.25, 0.3) is 11.5 Å². The molecule has 1 aromatic heterocycles. The quantitative estimate of drug-likeness (QED) is 0.878. The van der Waals surface area contributed by atoms with Gasteiger partial charge in [0.05, 0.1) is 30.0 Å². The molecule has 1 atom stereocenters. The smallest absolute Gasteiger partial charge is 0.274 e. The van der Waals surface area contributed by atoms with Crippen LogP contribution >= 0.6 is 0 Å². The van der Waals surface area contributed by atoms with Crippen LogP contribution in [0.1, 0.15) is 23.3 Å². The van der Waals surface area contributed by atoms with Gasteiger partial charge in [-0.25, -0.2) is 4.68 Å². The molecule has 22 heavy (non-hydrogen) atoms. The summed E-state index contributed by atoms with van der Waals surface area (Å²) in [5.41, 5.74) is 4.92. The van der Waals surface area contributed by atoms with Crippen molar-refractivity contribution in [3.05, 3.63) is 40.3 Å². The van der Waals surface area contributed by atoms with E-state index in [2.05, 4.69) is 5.10 Å². The van der Waals surface area contributed by atoms with E-state index in [9.17, 15) is 9.59 Å². The first-order chi connectivity index (χ1) is 10.6. The summed E-state index contributed by atoms with van der Waals surface area (Å²) < 4.78 is 1.08. The zero-order valence-electron chi connectivity index (χ0n) is 11.7. The number of nitriles is 2. The summed E-state index contributed by atoms with van der Waals surface area (Å²) in [6.07, 6.45) is 0.545. The van der Waals surface area contributed by atoms with Crippen molar-refractivity contribution in [3.8, 4) is 12.1 Å². The first-order valence-corrected chi connectivity index (χ1v) is 6.64. The fraction of sp³-hybridized carbons (Fsp3) is 0.267. The lowest BCUT2D eigenvalue weighted by atomic mass is 10.1. The minimum Gasteiger partial charge on any atom is -0.364 e. The van der Waals surface area contributed by atoms with Crippen molar-refractivity contribution in [2.45, 2.75) is 19.4 Å². The number of carbonyl (C=O) groups excluding carboxylic acids is 1. The average Bonchev–Trinajstić information content (AvgIpc) is 2.53. The Hall–Kier alpha value is -3.19. The van der Waals surface area contributed by atoms with Gasteiger partial charge >= 0.3 is 0 Å². The number of primary amides is 1. The first-order valence-electron chi connectivity index (χ1n) is 6.64. The van der Waals surface area contributed by atoms with Crippen LogP contribution in [0.2, 0.25) is 0 Å². The summed E-state index contributed by atoms with van der Waals surface area (Å²) in [7, 11) is 0. The number of aromatic nitrogens is 2. The van der Waals surface area contributed by atoms with Crippen molar-refractivity contribution >= 4 is 16.7 Å². The van der Waals surface area contributed by atoms with Crippen LogP contribution in [0.5, 0.6) is 0 Å². The van der Waals surface area contributed by atoms with Crippen molar-refractivity contribution in [2.75, 3.05) is 0 Å². The summed E-state index contributed by atoms with van der Waals surface area (Å²) in [5.74, 6) is -1.28. The van der Waals surface area contributed by atoms with E-state index < -0.39 is 17.4 Å². The van der Waals surface area contributed by atoms with Gasteiger partial charge in [0.1, 0.15) is 0 Å². The Balaban J connectivity index is 2.53. The van der Waals surface area contributed by atoms with Gasteiger partial charge in [-0.2, -0.15) is 15.6 Å². The maximum Gasteiger partial charge on any atom is 0.274 e. The molecular weight excluding hydrogens is 282 g/mol. The SMILES string of the molecule is N#CCCC(C#N)Cn1nc(C(N)=O)c2ccccc2c1=O. The van der Waals surface area contributed by atoms with Crippen molar-refractivity contribution in [3.63, 3.8) is 0 Å². The lowest BCUT2D eigenvalue weighted by Gasteiger charge is -2.11. The maximum absolute atomic E-state index is 12.4. The summed E-state index contributed by atoms with van der Waals surface area (Å²) >= 11 is 0. The number of fused-ring (bicyclic) bond motifs is 1. The molecule has 0 aliphatic rings. The lowest BCUT2D eigenvalue weighted by Crippen LogP contribution is -2.30. The Morgan fingerprint density at radius 1 is 1.32 bits per heavy atom. The van der Waals surface area contributed by atoms with Crippen LogP contribution in [-0.2, 0) is 6.54 Å². The molecule has 0 aliphatic carbocycles.